The zero-order valence-electron chi connectivity index (χ0n) is 16.3. The van der Waals surface area contributed by atoms with Gasteiger partial charge in [0, 0.05) is 35.9 Å². The van der Waals surface area contributed by atoms with Gasteiger partial charge in [0.15, 0.2) is 5.78 Å². The highest BCUT2D eigenvalue weighted by Crippen LogP contribution is 2.51. The van der Waals surface area contributed by atoms with Crippen molar-refractivity contribution in [1.82, 2.24) is 14.0 Å². The number of hydrogen-bond donors (Lipinski definition) is 3. The first kappa shape index (κ1) is 21.5. The second-order valence-electron chi connectivity index (χ2n) is 7.03. The number of carbonyl (C=O) groups is 1. The number of hydrogen-bond acceptors (Lipinski definition) is 7. The number of aliphatic imine (C=N–C) groups is 1. The lowest BCUT2D eigenvalue weighted by atomic mass is 9.91. The molecule has 1 aromatic carbocycles. The highest BCUT2D eigenvalue weighted by atomic mass is 35.5. The Morgan fingerprint density at radius 3 is 2.79 bits per heavy atom. The van der Waals surface area contributed by atoms with Crippen LogP contribution in [0.5, 0.6) is 0 Å². The summed E-state index contributed by atoms with van der Waals surface area (Å²) < 4.78 is 30.1. The lowest BCUT2D eigenvalue weighted by Crippen LogP contribution is -2.51. The molecule has 1 aromatic heterocycles. The van der Waals surface area contributed by atoms with E-state index in [1.165, 1.54) is 16.6 Å². The van der Waals surface area contributed by atoms with Crippen molar-refractivity contribution in [1.29, 1.82) is 0 Å². The summed E-state index contributed by atoms with van der Waals surface area (Å²) in [5.41, 5.74) is 6.07. The number of benzene rings is 1. The molecule has 0 amide bonds. The molecule has 0 radical (unpaired) electrons. The Morgan fingerprint density at radius 2 is 2.17 bits per heavy atom. The molecule has 0 fully saturated rings. The standard InChI is InChI=1S/C19H23ClFN5O2S/c1-19(11-29(28,23-2)26(3)18(22)25-19)14-8-12(4-6-15(14)21)9-17(27)16-7-5-13(20)10-24-16/h4-8,10,23,28H,9,11H2,1-3H3,(H2,22,25)/t19-/m0/s1. The Morgan fingerprint density at radius 1 is 1.45 bits per heavy atom. The van der Waals surface area contributed by atoms with E-state index in [9.17, 15) is 13.7 Å². The van der Waals surface area contributed by atoms with Gasteiger partial charge in [-0.1, -0.05) is 17.7 Å². The van der Waals surface area contributed by atoms with Crippen molar-refractivity contribution in [2.24, 2.45) is 10.7 Å². The summed E-state index contributed by atoms with van der Waals surface area (Å²) in [6.07, 6.45) is 1.45. The first-order chi connectivity index (χ1) is 13.6. The van der Waals surface area contributed by atoms with Crippen molar-refractivity contribution in [2.75, 3.05) is 19.8 Å². The molecule has 0 bridgehead atoms. The minimum atomic E-state index is -2.49. The van der Waals surface area contributed by atoms with E-state index in [0.29, 0.717) is 10.6 Å². The van der Waals surface area contributed by atoms with E-state index < -0.39 is 22.0 Å². The SMILES string of the molecule is CNS1(O)C[C@@](C)(c2cc(CC(=O)c3ccc(Cl)cn3)ccc2F)N=C(N)N1C. The summed E-state index contributed by atoms with van der Waals surface area (Å²) in [4.78, 5) is 21.0. The van der Waals surface area contributed by atoms with Crippen LogP contribution in [0.25, 0.3) is 0 Å². The molecule has 0 saturated carbocycles. The topological polar surface area (TPSA) is 104 Å². The zero-order chi connectivity index (χ0) is 21.4. The fourth-order valence-electron chi connectivity index (χ4n) is 3.26. The summed E-state index contributed by atoms with van der Waals surface area (Å²) in [5.74, 6) is -0.446. The minimum absolute atomic E-state index is 0.0419. The van der Waals surface area contributed by atoms with Crippen LogP contribution < -0.4 is 10.5 Å². The Kier molecular flexibility index (Phi) is 5.86. The number of carbonyl (C=O) groups excluding carboxylic acids is 1. The van der Waals surface area contributed by atoms with Crippen LogP contribution in [0.3, 0.4) is 0 Å². The highest BCUT2D eigenvalue weighted by Gasteiger charge is 2.43. The molecule has 1 unspecified atom stereocenters. The lowest BCUT2D eigenvalue weighted by molar-refractivity contribution is 0.0988. The monoisotopic (exact) mass is 439 g/mol. The smallest absolute Gasteiger partial charge is 0.203 e. The van der Waals surface area contributed by atoms with E-state index in [0.717, 1.165) is 0 Å². The van der Waals surface area contributed by atoms with Crippen LogP contribution in [-0.4, -0.2) is 45.4 Å². The van der Waals surface area contributed by atoms with Crippen LogP contribution in [0, 0.1) is 5.82 Å². The predicted octanol–water partition coefficient (Wildman–Crippen LogP) is 3.10. The van der Waals surface area contributed by atoms with Crippen molar-refractivity contribution in [2.45, 2.75) is 18.9 Å². The largest absolute Gasteiger partial charge is 0.369 e. The summed E-state index contributed by atoms with van der Waals surface area (Å²) in [7, 11) is 0.764. The van der Waals surface area contributed by atoms with Gasteiger partial charge < -0.3 is 10.3 Å². The van der Waals surface area contributed by atoms with Crippen LogP contribution in [-0.2, 0) is 12.0 Å². The molecule has 1 aliphatic rings. The molecular formula is C19H23ClFN5O2S. The second kappa shape index (κ2) is 7.91. The van der Waals surface area contributed by atoms with Gasteiger partial charge in [-0.15, -0.1) is 0 Å². The van der Waals surface area contributed by atoms with Crippen LogP contribution in [0.1, 0.15) is 28.5 Å². The molecule has 2 atom stereocenters. The van der Waals surface area contributed by atoms with Gasteiger partial charge >= 0.3 is 0 Å². The molecule has 0 spiro atoms. The predicted molar refractivity (Wildman–Crippen MR) is 115 cm³/mol. The van der Waals surface area contributed by atoms with Gasteiger partial charge in [0.2, 0.25) is 5.96 Å². The van der Waals surface area contributed by atoms with Gasteiger partial charge in [0.05, 0.1) is 10.8 Å². The molecule has 7 nitrogen and oxygen atoms in total. The van der Waals surface area contributed by atoms with E-state index >= 15 is 0 Å². The fraction of sp³-hybridized carbons (Fsp3) is 0.316. The molecule has 29 heavy (non-hydrogen) atoms. The molecule has 10 heteroatoms. The van der Waals surface area contributed by atoms with Gasteiger partial charge in [0.25, 0.3) is 0 Å². The normalized spacial score (nSPS) is 26.6. The number of nitrogens with two attached hydrogens (primary N) is 1. The number of Topliss-reactive ketones (excluding diaryl/α,β-unsaturated/α-hetero) is 1. The summed E-state index contributed by atoms with van der Waals surface area (Å²) in [6, 6.07) is 7.59. The van der Waals surface area contributed by atoms with Crippen molar-refractivity contribution >= 4 is 34.0 Å². The summed E-state index contributed by atoms with van der Waals surface area (Å²) >= 11 is 5.81. The Bertz CT molecular complexity index is 974. The first-order valence-corrected chi connectivity index (χ1v) is 10.9. The van der Waals surface area contributed by atoms with Gasteiger partial charge in [-0.05, 0) is 43.8 Å². The van der Waals surface area contributed by atoms with E-state index in [-0.39, 0.29) is 35.2 Å². The molecule has 156 valence electrons. The molecule has 2 heterocycles. The van der Waals surface area contributed by atoms with Crippen LogP contribution in [0.4, 0.5) is 4.39 Å². The number of guanidine groups is 1. The Labute approximate surface area is 175 Å². The fourth-order valence-corrected chi connectivity index (χ4v) is 5.34. The first-order valence-electron chi connectivity index (χ1n) is 8.83. The van der Waals surface area contributed by atoms with Gasteiger partial charge in [0.1, 0.15) is 17.1 Å². The van der Waals surface area contributed by atoms with Crippen molar-refractivity contribution in [3.63, 3.8) is 0 Å². The molecule has 0 saturated heterocycles. The quantitative estimate of drug-likeness (QED) is 0.618. The van der Waals surface area contributed by atoms with E-state index in [2.05, 4.69) is 14.7 Å². The van der Waals surface area contributed by atoms with Crippen molar-refractivity contribution in [3.8, 4) is 0 Å². The molecular weight excluding hydrogens is 417 g/mol. The molecule has 2 aromatic rings. The number of nitrogens with one attached hydrogen (secondary N) is 1. The molecule has 0 aliphatic carbocycles. The van der Waals surface area contributed by atoms with E-state index in [4.69, 9.17) is 17.3 Å². The molecule has 3 rings (SSSR count). The average Bonchev–Trinajstić information content (AvgIpc) is 2.68. The third-order valence-corrected chi connectivity index (χ3v) is 7.87. The maximum absolute atomic E-state index is 14.8. The van der Waals surface area contributed by atoms with Gasteiger partial charge in [-0.3, -0.25) is 14.1 Å². The van der Waals surface area contributed by atoms with Crippen molar-refractivity contribution < 1.29 is 13.7 Å². The molecule has 4 N–H and O–H groups in total. The summed E-state index contributed by atoms with van der Waals surface area (Å²) in [6.45, 7) is 1.72. The Hall–Kier alpha value is -2.20. The number of rotatable bonds is 5. The number of halogens is 2. The number of nitrogens with zero attached hydrogens (tertiary/aromatic N) is 3. The summed E-state index contributed by atoms with van der Waals surface area (Å²) in [5, 5.41) is 0.441. The number of aromatic nitrogens is 1. The second-order valence-corrected chi connectivity index (χ2v) is 10.0. The van der Waals surface area contributed by atoms with Crippen LogP contribution in [0.2, 0.25) is 5.02 Å². The Balaban J connectivity index is 1.95. The number of ketones is 1. The average molecular weight is 440 g/mol. The van der Waals surface area contributed by atoms with Gasteiger partial charge in [-0.2, -0.15) is 0 Å². The minimum Gasteiger partial charge on any atom is -0.369 e. The maximum atomic E-state index is 14.8. The lowest BCUT2D eigenvalue weighted by Gasteiger charge is -2.49. The zero-order valence-corrected chi connectivity index (χ0v) is 17.9. The third kappa shape index (κ3) is 4.23. The van der Waals surface area contributed by atoms with Gasteiger partial charge in [-0.25, -0.2) is 14.1 Å². The van der Waals surface area contributed by atoms with E-state index in [1.807, 2.05) is 0 Å². The third-order valence-electron chi connectivity index (χ3n) is 4.93. The highest BCUT2D eigenvalue weighted by molar-refractivity contribution is 8.25. The van der Waals surface area contributed by atoms with Crippen LogP contribution >= 0.6 is 22.3 Å². The van der Waals surface area contributed by atoms with E-state index in [1.54, 1.807) is 45.3 Å². The molecule has 1 aliphatic heterocycles. The maximum Gasteiger partial charge on any atom is 0.203 e. The number of pyridine rings is 1. The van der Waals surface area contributed by atoms with Crippen molar-refractivity contribution in [3.05, 3.63) is 64.2 Å². The van der Waals surface area contributed by atoms with Crippen LogP contribution in [0.15, 0.2) is 41.5 Å².